The molecule has 1 amide bonds. The lowest BCUT2D eigenvalue weighted by atomic mass is 10.0. The number of nitrogens with zero attached hydrogens (tertiary/aromatic N) is 1. The van der Waals surface area contributed by atoms with Crippen LogP contribution in [-0.2, 0) is 6.26 Å². The first kappa shape index (κ1) is 14.9. The van der Waals surface area contributed by atoms with Crippen LogP contribution in [0.5, 0.6) is 0 Å². The van der Waals surface area contributed by atoms with Crippen LogP contribution in [0.15, 0.2) is 35.7 Å². The smallest absolute Gasteiger partial charge is 0.252 e. The molecule has 0 saturated heterocycles. The van der Waals surface area contributed by atoms with E-state index in [1.807, 2.05) is 37.6 Å². The molecule has 0 aliphatic carbocycles. The summed E-state index contributed by atoms with van der Waals surface area (Å²) in [5, 5.41) is 14.7. The maximum atomic E-state index is 11.5. The molecule has 1 aromatic carbocycles. The van der Waals surface area contributed by atoms with Gasteiger partial charge in [0.25, 0.3) is 5.00 Å². The molecule has 2 rings (SSSR count). The molecule has 0 aliphatic rings. The van der Waals surface area contributed by atoms with E-state index < -0.39 is 6.09 Å². The molecule has 0 fully saturated rings. The molecule has 20 heavy (non-hydrogen) atoms. The number of carboxylic acid groups (broad SMARTS) is 1. The first-order valence-corrected chi connectivity index (χ1v) is 8.33. The number of amides is 1. The second kappa shape index (κ2) is 5.85. The molecule has 1 atom stereocenters. The van der Waals surface area contributed by atoms with E-state index in [1.165, 1.54) is 4.90 Å². The van der Waals surface area contributed by atoms with Crippen LogP contribution >= 0.6 is 22.1 Å². The zero-order chi connectivity index (χ0) is 14.9. The van der Waals surface area contributed by atoms with Crippen molar-refractivity contribution in [3.8, 4) is 0 Å². The van der Waals surface area contributed by atoms with Crippen molar-refractivity contribution in [2.24, 2.45) is 6.26 Å². The van der Waals surface area contributed by atoms with Crippen molar-refractivity contribution in [2.75, 3.05) is 4.90 Å². The van der Waals surface area contributed by atoms with E-state index in [9.17, 15) is 9.90 Å². The van der Waals surface area contributed by atoms with E-state index in [-0.39, 0.29) is 10.5 Å². The van der Waals surface area contributed by atoms with E-state index in [1.54, 1.807) is 18.2 Å². The summed E-state index contributed by atoms with van der Waals surface area (Å²) >= 11 is 6.24. The Labute approximate surface area is 126 Å². The van der Waals surface area contributed by atoms with Gasteiger partial charge in [-0.25, -0.2) is 0 Å². The summed E-state index contributed by atoms with van der Waals surface area (Å²) in [7, 11) is -0.240. The van der Waals surface area contributed by atoms with Gasteiger partial charge in [-0.1, -0.05) is 31.5 Å². The van der Waals surface area contributed by atoms with Crippen molar-refractivity contribution in [3.63, 3.8) is 0 Å². The van der Waals surface area contributed by atoms with Crippen molar-refractivity contribution in [2.45, 2.75) is 19.8 Å². The molecule has 1 aromatic heterocycles. The lowest BCUT2D eigenvalue weighted by Crippen LogP contribution is -2.37. The highest BCUT2D eigenvalue weighted by atomic mass is 35.5. The predicted molar refractivity (Wildman–Crippen MR) is 83.0 cm³/mol. The number of anilines is 2. The van der Waals surface area contributed by atoms with Gasteiger partial charge < -0.3 is 9.90 Å². The van der Waals surface area contributed by atoms with Gasteiger partial charge in [-0.3, -0.25) is 4.90 Å². The molecule has 0 saturated carbocycles. The standard InChI is InChI=1S/C15H16ClNO2S/c1-10(2)12-7-6-11(9-13(12)16)17(15(18)19)14-5-4-8-20(14)3/h4-10H,1-3H3. The van der Waals surface area contributed by atoms with E-state index >= 15 is 0 Å². The van der Waals surface area contributed by atoms with Gasteiger partial charge in [0.1, 0.15) is 17.7 Å². The molecule has 0 bridgehead atoms. The van der Waals surface area contributed by atoms with Gasteiger partial charge in [-0.2, -0.15) is 0 Å². The number of rotatable bonds is 3. The van der Waals surface area contributed by atoms with Crippen LogP contribution in [0.2, 0.25) is 5.02 Å². The van der Waals surface area contributed by atoms with Gasteiger partial charge in [0.15, 0.2) is 0 Å². The third-order valence-electron chi connectivity index (χ3n) is 3.12. The molecule has 0 aliphatic heterocycles. The van der Waals surface area contributed by atoms with Crippen molar-refractivity contribution >= 4 is 38.9 Å². The summed E-state index contributed by atoms with van der Waals surface area (Å²) in [5.41, 5.74) is 1.52. The van der Waals surface area contributed by atoms with E-state index in [0.29, 0.717) is 21.6 Å². The zero-order valence-corrected chi connectivity index (χ0v) is 13.2. The monoisotopic (exact) mass is 309 g/mol. The Morgan fingerprint density at radius 1 is 1.35 bits per heavy atom. The summed E-state index contributed by atoms with van der Waals surface area (Å²) in [4.78, 5) is 12.7. The number of thiophene rings is 1. The Bertz CT molecular complexity index is 637. The number of hydrogen-bond donors (Lipinski definition) is 0. The lowest BCUT2D eigenvalue weighted by molar-refractivity contribution is -0.245. The lowest BCUT2D eigenvalue weighted by Gasteiger charge is -2.22. The molecular weight excluding hydrogens is 294 g/mol. The molecule has 1 unspecified atom stereocenters. The molecule has 3 nitrogen and oxygen atoms in total. The molecule has 5 heteroatoms. The average molecular weight is 310 g/mol. The normalized spacial score (nSPS) is 11.8. The number of carbonyl (C=O) groups excluding carboxylic acids is 1. The number of hydrogen-bond acceptors (Lipinski definition) is 2. The minimum atomic E-state index is -1.24. The van der Waals surface area contributed by atoms with Crippen molar-refractivity contribution < 1.29 is 9.90 Å². The molecule has 106 valence electrons. The van der Waals surface area contributed by atoms with Crippen LogP contribution < -0.4 is 10.0 Å². The molecule has 2 aromatic rings. The Hall–Kier alpha value is -1.52. The Kier molecular flexibility index (Phi) is 4.35. The van der Waals surface area contributed by atoms with Crippen LogP contribution in [0, 0.1) is 0 Å². The summed E-state index contributed by atoms with van der Waals surface area (Å²) in [5.74, 6) is 0.293. The highest BCUT2D eigenvalue weighted by molar-refractivity contribution is 7.31. The fraction of sp³-hybridized carbons (Fsp3) is 0.267. The van der Waals surface area contributed by atoms with Gasteiger partial charge in [0, 0.05) is 11.1 Å². The number of benzene rings is 1. The third-order valence-corrected chi connectivity index (χ3v) is 4.99. The molecular formula is C15H16ClNO2S. The summed E-state index contributed by atoms with van der Waals surface area (Å²) in [6.07, 6.45) is 0.725. The fourth-order valence-corrected chi connectivity index (χ4v) is 3.69. The average Bonchev–Trinajstić information content (AvgIpc) is 2.75. The van der Waals surface area contributed by atoms with Crippen molar-refractivity contribution in [1.29, 1.82) is 0 Å². The second-order valence-electron chi connectivity index (χ2n) is 4.85. The first-order valence-electron chi connectivity index (χ1n) is 6.25. The minimum Gasteiger partial charge on any atom is -0.529 e. The summed E-state index contributed by atoms with van der Waals surface area (Å²) in [6.45, 7) is 4.09. The number of carbonyl (C=O) groups is 1. The zero-order valence-electron chi connectivity index (χ0n) is 11.6. The van der Waals surface area contributed by atoms with E-state index in [4.69, 9.17) is 11.6 Å². The second-order valence-corrected chi connectivity index (χ2v) is 7.07. The molecule has 0 spiro atoms. The summed E-state index contributed by atoms with van der Waals surface area (Å²) in [6, 6.07) is 8.98. The molecule has 1 heterocycles. The van der Waals surface area contributed by atoms with Crippen LogP contribution in [0.3, 0.4) is 0 Å². The SMILES string of the molecule is CC(C)c1ccc(N(C(=O)[O-])c2ccc[s+]2C)cc1Cl. The van der Waals surface area contributed by atoms with E-state index in [0.717, 1.165) is 5.56 Å². The minimum absolute atomic E-state index is 0.240. The quantitative estimate of drug-likeness (QED) is 0.796. The van der Waals surface area contributed by atoms with E-state index in [2.05, 4.69) is 0 Å². The van der Waals surface area contributed by atoms with Gasteiger partial charge in [-0.15, -0.1) is 0 Å². The van der Waals surface area contributed by atoms with Crippen LogP contribution in [0.1, 0.15) is 25.3 Å². The third kappa shape index (κ3) is 2.81. The predicted octanol–water partition coefficient (Wildman–Crippen LogP) is 4.23. The fourth-order valence-electron chi connectivity index (χ4n) is 2.08. The van der Waals surface area contributed by atoms with Gasteiger partial charge in [-0.05, 0) is 40.2 Å². The Morgan fingerprint density at radius 2 is 2.05 bits per heavy atom. The van der Waals surface area contributed by atoms with Crippen LogP contribution in [0.4, 0.5) is 15.5 Å². The first-order chi connectivity index (χ1) is 9.41. The van der Waals surface area contributed by atoms with Crippen LogP contribution in [0.25, 0.3) is 0 Å². The number of aryl methyl sites for hydroxylation is 1. The molecule has 0 N–H and O–H groups in total. The Balaban J connectivity index is 2.49. The van der Waals surface area contributed by atoms with Crippen LogP contribution in [-0.4, -0.2) is 6.09 Å². The summed E-state index contributed by atoms with van der Waals surface area (Å²) < 4.78 is 0. The van der Waals surface area contributed by atoms with Gasteiger partial charge in [0.2, 0.25) is 0 Å². The topological polar surface area (TPSA) is 43.4 Å². The maximum absolute atomic E-state index is 11.5. The highest BCUT2D eigenvalue weighted by Gasteiger charge is 2.21. The largest absolute Gasteiger partial charge is 0.529 e. The highest BCUT2D eigenvalue weighted by Crippen LogP contribution is 2.37. The molecule has 0 radical (unpaired) electrons. The van der Waals surface area contributed by atoms with Gasteiger partial charge in [0.05, 0.1) is 5.69 Å². The van der Waals surface area contributed by atoms with Crippen molar-refractivity contribution in [3.05, 3.63) is 46.3 Å². The van der Waals surface area contributed by atoms with Gasteiger partial charge >= 0.3 is 0 Å². The Morgan fingerprint density at radius 3 is 2.50 bits per heavy atom. The number of halogens is 1. The van der Waals surface area contributed by atoms with Crippen molar-refractivity contribution in [1.82, 2.24) is 0 Å². The maximum Gasteiger partial charge on any atom is 0.252 e.